The lowest BCUT2D eigenvalue weighted by Crippen LogP contribution is -2.26. The third-order valence-corrected chi connectivity index (χ3v) is 2.92. The maximum Gasteiger partial charge on any atom is 0.341 e. The van der Waals surface area contributed by atoms with Crippen LogP contribution in [-0.2, 0) is 0 Å². The molecule has 0 atom stereocenters. The number of nitrogens with zero attached hydrogens (tertiary/aromatic N) is 1. The highest BCUT2D eigenvalue weighted by Gasteiger charge is 2.14. The Balaban J connectivity index is 2.80. The number of aromatic carboxylic acids is 1. The Kier molecular flexibility index (Phi) is 3.21. The number of hydrogen-bond donors (Lipinski definition) is 1. The van der Waals surface area contributed by atoms with Crippen molar-refractivity contribution in [2.75, 3.05) is 0 Å². The zero-order valence-corrected chi connectivity index (χ0v) is 10.3. The van der Waals surface area contributed by atoms with E-state index >= 15 is 0 Å². The van der Waals surface area contributed by atoms with Crippen LogP contribution in [0, 0.1) is 6.92 Å². The highest BCUT2D eigenvalue weighted by Crippen LogP contribution is 2.19. The molecule has 0 fully saturated rings. The standard InChI is InChI=1S/C13H10ClNO3/c1-8-6-7-9(13(17)18)12(16)15(8)11-5-3-2-4-10(11)14/h2-7H,1H3,(H,17,18). The summed E-state index contributed by atoms with van der Waals surface area (Å²) in [6.07, 6.45) is 0. The zero-order valence-electron chi connectivity index (χ0n) is 9.55. The minimum Gasteiger partial charge on any atom is -0.477 e. The van der Waals surface area contributed by atoms with Gasteiger partial charge in [0.1, 0.15) is 5.56 Å². The molecule has 0 aliphatic rings. The van der Waals surface area contributed by atoms with Gasteiger partial charge in [0.15, 0.2) is 0 Å². The third kappa shape index (κ3) is 2.02. The Hall–Kier alpha value is -2.07. The van der Waals surface area contributed by atoms with E-state index in [9.17, 15) is 9.59 Å². The number of aromatic nitrogens is 1. The second-order valence-corrected chi connectivity index (χ2v) is 4.19. The Morgan fingerprint density at radius 2 is 1.89 bits per heavy atom. The van der Waals surface area contributed by atoms with E-state index < -0.39 is 11.5 Å². The van der Waals surface area contributed by atoms with E-state index in [0.29, 0.717) is 16.4 Å². The van der Waals surface area contributed by atoms with Crippen LogP contribution in [0.2, 0.25) is 5.02 Å². The summed E-state index contributed by atoms with van der Waals surface area (Å²) in [5, 5.41) is 9.34. The predicted octanol–water partition coefficient (Wildman–Crippen LogP) is 2.50. The van der Waals surface area contributed by atoms with E-state index in [-0.39, 0.29) is 5.56 Å². The highest BCUT2D eigenvalue weighted by atomic mass is 35.5. The maximum absolute atomic E-state index is 12.1. The number of benzene rings is 1. The molecule has 92 valence electrons. The highest BCUT2D eigenvalue weighted by molar-refractivity contribution is 6.32. The smallest absolute Gasteiger partial charge is 0.341 e. The fraction of sp³-hybridized carbons (Fsp3) is 0.0769. The van der Waals surface area contributed by atoms with Gasteiger partial charge in [-0.3, -0.25) is 9.36 Å². The third-order valence-electron chi connectivity index (χ3n) is 2.60. The molecule has 1 aromatic heterocycles. The van der Waals surface area contributed by atoms with Crippen molar-refractivity contribution >= 4 is 17.6 Å². The van der Waals surface area contributed by atoms with Gasteiger partial charge in [0.05, 0.1) is 10.7 Å². The predicted molar refractivity (Wildman–Crippen MR) is 68.7 cm³/mol. The molecule has 0 bridgehead atoms. The van der Waals surface area contributed by atoms with Gasteiger partial charge >= 0.3 is 5.97 Å². The normalized spacial score (nSPS) is 10.3. The van der Waals surface area contributed by atoms with Gasteiger partial charge in [0.2, 0.25) is 0 Å². The molecule has 2 aromatic rings. The summed E-state index contributed by atoms with van der Waals surface area (Å²) in [5.74, 6) is -1.25. The largest absolute Gasteiger partial charge is 0.477 e. The summed E-state index contributed by atoms with van der Waals surface area (Å²) in [4.78, 5) is 23.1. The van der Waals surface area contributed by atoms with E-state index in [4.69, 9.17) is 16.7 Å². The summed E-state index contributed by atoms with van der Waals surface area (Å²) in [6.45, 7) is 1.72. The van der Waals surface area contributed by atoms with E-state index in [1.807, 2.05) is 0 Å². The molecule has 1 N–H and O–H groups in total. The number of rotatable bonds is 2. The summed E-state index contributed by atoms with van der Waals surface area (Å²) in [7, 11) is 0. The quantitative estimate of drug-likeness (QED) is 0.906. The fourth-order valence-electron chi connectivity index (χ4n) is 1.73. The molecule has 0 unspecified atom stereocenters. The Bertz CT molecular complexity index is 676. The molecule has 1 aromatic carbocycles. The first-order valence-electron chi connectivity index (χ1n) is 5.23. The average Bonchev–Trinajstić information content (AvgIpc) is 2.31. The Morgan fingerprint density at radius 3 is 2.50 bits per heavy atom. The van der Waals surface area contributed by atoms with Crippen molar-refractivity contribution in [2.24, 2.45) is 0 Å². The number of carboxylic acids is 1. The first-order valence-corrected chi connectivity index (χ1v) is 5.61. The summed E-state index contributed by atoms with van der Waals surface area (Å²) < 4.78 is 1.30. The number of carbonyl (C=O) groups is 1. The van der Waals surface area contributed by atoms with Gasteiger partial charge in [-0.15, -0.1) is 0 Å². The lowest BCUT2D eigenvalue weighted by molar-refractivity contribution is 0.0694. The number of aryl methyl sites for hydroxylation is 1. The molecule has 0 saturated heterocycles. The van der Waals surface area contributed by atoms with Crippen LogP contribution >= 0.6 is 11.6 Å². The summed E-state index contributed by atoms with van der Waals surface area (Å²) in [6, 6.07) is 9.67. The monoisotopic (exact) mass is 263 g/mol. The molecule has 2 rings (SSSR count). The molecule has 0 spiro atoms. The lowest BCUT2D eigenvalue weighted by atomic mass is 10.2. The van der Waals surface area contributed by atoms with Gasteiger partial charge in [-0.2, -0.15) is 0 Å². The minimum absolute atomic E-state index is 0.277. The maximum atomic E-state index is 12.1. The molecule has 0 radical (unpaired) electrons. The lowest BCUT2D eigenvalue weighted by Gasteiger charge is -2.12. The molecule has 0 aliphatic carbocycles. The van der Waals surface area contributed by atoms with E-state index in [1.54, 1.807) is 37.3 Å². The van der Waals surface area contributed by atoms with Crippen LogP contribution in [0.4, 0.5) is 0 Å². The molecule has 18 heavy (non-hydrogen) atoms. The second-order valence-electron chi connectivity index (χ2n) is 3.79. The second kappa shape index (κ2) is 4.66. The summed E-state index contributed by atoms with van der Waals surface area (Å²) in [5.41, 5.74) is 0.235. The van der Waals surface area contributed by atoms with Crippen LogP contribution < -0.4 is 5.56 Å². The van der Waals surface area contributed by atoms with Gasteiger partial charge in [0, 0.05) is 5.69 Å². The van der Waals surface area contributed by atoms with Crippen LogP contribution in [-0.4, -0.2) is 15.6 Å². The number of hydrogen-bond acceptors (Lipinski definition) is 2. The Morgan fingerprint density at radius 1 is 1.22 bits per heavy atom. The Labute approximate surface area is 108 Å². The van der Waals surface area contributed by atoms with Crippen molar-refractivity contribution in [1.82, 2.24) is 4.57 Å². The molecule has 0 aliphatic heterocycles. The van der Waals surface area contributed by atoms with Crippen LogP contribution in [0.5, 0.6) is 0 Å². The van der Waals surface area contributed by atoms with Crippen molar-refractivity contribution in [1.29, 1.82) is 0 Å². The molecular formula is C13H10ClNO3. The van der Waals surface area contributed by atoms with E-state index in [2.05, 4.69) is 0 Å². The number of carboxylic acid groups (broad SMARTS) is 1. The SMILES string of the molecule is Cc1ccc(C(=O)O)c(=O)n1-c1ccccc1Cl. The van der Waals surface area contributed by atoms with Crippen molar-refractivity contribution in [2.45, 2.75) is 6.92 Å². The first kappa shape index (κ1) is 12.4. The zero-order chi connectivity index (χ0) is 13.3. The molecule has 4 nitrogen and oxygen atoms in total. The van der Waals surface area contributed by atoms with Crippen molar-refractivity contribution in [3.63, 3.8) is 0 Å². The number of para-hydroxylation sites is 1. The van der Waals surface area contributed by atoms with E-state index in [1.165, 1.54) is 10.6 Å². The number of halogens is 1. The van der Waals surface area contributed by atoms with Gasteiger partial charge in [-0.05, 0) is 31.2 Å². The molecule has 0 saturated carbocycles. The first-order chi connectivity index (χ1) is 8.52. The van der Waals surface area contributed by atoms with Gasteiger partial charge in [0.25, 0.3) is 5.56 Å². The van der Waals surface area contributed by atoms with Crippen molar-refractivity contribution in [3.05, 3.63) is 63.0 Å². The number of pyridine rings is 1. The molecule has 0 amide bonds. The van der Waals surface area contributed by atoms with Crippen LogP contribution in [0.3, 0.4) is 0 Å². The van der Waals surface area contributed by atoms with Gasteiger partial charge in [-0.25, -0.2) is 4.79 Å². The fourth-order valence-corrected chi connectivity index (χ4v) is 1.95. The van der Waals surface area contributed by atoms with Crippen molar-refractivity contribution in [3.8, 4) is 5.69 Å². The van der Waals surface area contributed by atoms with Gasteiger partial charge < -0.3 is 5.11 Å². The van der Waals surface area contributed by atoms with E-state index in [0.717, 1.165) is 0 Å². The minimum atomic E-state index is -1.25. The molecule has 5 heteroatoms. The average molecular weight is 264 g/mol. The van der Waals surface area contributed by atoms with Crippen LogP contribution in [0.1, 0.15) is 16.1 Å². The molecule has 1 heterocycles. The van der Waals surface area contributed by atoms with Crippen molar-refractivity contribution < 1.29 is 9.90 Å². The van der Waals surface area contributed by atoms with Crippen LogP contribution in [0.25, 0.3) is 5.69 Å². The molecular weight excluding hydrogens is 254 g/mol. The van der Waals surface area contributed by atoms with Gasteiger partial charge in [-0.1, -0.05) is 23.7 Å². The topological polar surface area (TPSA) is 59.3 Å². The summed E-state index contributed by atoms with van der Waals surface area (Å²) >= 11 is 6.03. The van der Waals surface area contributed by atoms with Crippen LogP contribution in [0.15, 0.2) is 41.2 Å².